The van der Waals surface area contributed by atoms with E-state index in [0.29, 0.717) is 41.6 Å². The molecule has 0 aliphatic heterocycles. The molecule has 3 aromatic rings. The van der Waals surface area contributed by atoms with E-state index in [1.807, 2.05) is 24.3 Å². The summed E-state index contributed by atoms with van der Waals surface area (Å²) >= 11 is 0. The largest absolute Gasteiger partial charge is 0.390 e. The second kappa shape index (κ2) is 9.50. The third-order valence-corrected chi connectivity index (χ3v) is 4.29. The summed E-state index contributed by atoms with van der Waals surface area (Å²) in [4.78, 5) is 19.5. The van der Waals surface area contributed by atoms with Gasteiger partial charge in [0.25, 0.3) is 0 Å². The first kappa shape index (κ1) is 20.1. The predicted octanol–water partition coefficient (Wildman–Crippen LogP) is 3.46. The number of fused-ring (bicyclic) bond motifs is 1. The smallest absolute Gasteiger partial charge is 0.154 e. The summed E-state index contributed by atoms with van der Waals surface area (Å²) < 4.78 is 0. The molecule has 0 spiro atoms. The van der Waals surface area contributed by atoms with Crippen LogP contribution in [0, 0.1) is 5.41 Å². The number of hydrogen-bond donors (Lipinski definition) is 3. The van der Waals surface area contributed by atoms with Gasteiger partial charge in [-0.05, 0) is 35.7 Å². The zero-order valence-corrected chi connectivity index (χ0v) is 16.4. The fourth-order valence-corrected chi connectivity index (χ4v) is 2.66. The number of allylic oxidation sites excluding steroid dienone is 1. The molecule has 0 unspecified atom stereocenters. The highest BCUT2D eigenvalue weighted by atomic mass is 16.1. The quantitative estimate of drug-likeness (QED) is 0.291. The van der Waals surface area contributed by atoms with Crippen LogP contribution in [0.1, 0.15) is 37.3 Å². The molecule has 0 radical (unpaired) electrons. The maximum atomic E-state index is 10.4. The van der Waals surface area contributed by atoms with Crippen LogP contribution < -0.4 is 10.6 Å². The van der Waals surface area contributed by atoms with E-state index in [0.717, 1.165) is 22.9 Å². The highest BCUT2D eigenvalue weighted by Crippen LogP contribution is 2.21. The molecule has 0 saturated heterocycles. The maximum absolute atomic E-state index is 10.4. The number of carbonyl (C=O) groups excluding carboxylic acids is 1. The standard InChI is InChI=1S/C21H23N7O/c1-14(2)15-9-21(28-25-13-15)27-20-5-4-18-19(26-20)8-16(12-24-18)17(10-22)11-23-6-3-7-29/h4-5,7-14,22-23H,3,6H2,1-2H3,(H,26,27,28)/b17-11+,22-10?. The molecule has 3 rings (SSSR count). The minimum atomic E-state index is 0.355. The van der Waals surface area contributed by atoms with Crippen molar-refractivity contribution in [3.05, 3.63) is 54.0 Å². The number of nitrogens with zero attached hydrogens (tertiary/aromatic N) is 4. The summed E-state index contributed by atoms with van der Waals surface area (Å²) in [6, 6.07) is 7.55. The molecular weight excluding hydrogens is 366 g/mol. The van der Waals surface area contributed by atoms with Crippen LogP contribution in [0.15, 0.2) is 42.9 Å². The van der Waals surface area contributed by atoms with Gasteiger partial charge in [0, 0.05) is 42.7 Å². The van der Waals surface area contributed by atoms with Gasteiger partial charge in [-0.15, -0.1) is 5.10 Å². The van der Waals surface area contributed by atoms with Crippen molar-refractivity contribution in [3.63, 3.8) is 0 Å². The maximum Gasteiger partial charge on any atom is 0.154 e. The van der Waals surface area contributed by atoms with Gasteiger partial charge in [-0.3, -0.25) is 4.98 Å². The van der Waals surface area contributed by atoms with Gasteiger partial charge in [0.05, 0.1) is 17.2 Å². The van der Waals surface area contributed by atoms with Gasteiger partial charge in [0.2, 0.25) is 0 Å². The highest BCUT2D eigenvalue weighted by Gasteiger charge is 2.07. The van der Waals surface area contributed by atoms with Crippen LogP contribution in [-0.2, 0) is 4.79 Å². The SMILES string of the molecule is CC(C)c1cnnc(Nc2ccc3ncc(/C(C=N)=C/NCCC=O)cc3n2)c1. The summed E-state index contributed by atoms with van der Waals surface area (Å²) in [5.74, 6) is 1.62. The van der Waals surface area contributed by atoms with Gasteiger partial charge < -0.3 is 20.8 Å². The number of pyridine rings is 2. The van der Waals surface area contributed by atoms with Gasteiger partial charge in [0.1, 0.15) is 12.1 Å². The molecule has 0 saturated carbocycles. The molecule has 8 nitrogen and oxygen atoms in total. The van der Waals surface area contributed by atoms with E-state index < -0.39 is 0 Å². The van der Waals surface area contributed by atoms with Crippen LogP contribution in [0.3, 0.4) is 0 Å². The van der Waals surface area contributed by atoms with Gasteiger partial charge >= 0.3 is 0 Å². The first-order valence-electron chi connectivity index (χ1n) is 9.35. The first-order chi connectivity index (χ1) is 14.1. The lowest BCUT2D eigenvalue weighted by molar-refractivity contribution is -0.107. The average molecular weight is 389 g/mol. The Morgan fingerprint density at radius 2 is 2.03 bits per heavy atom. The van der Waals surface area contributed by atoms with E-state index in [1.54, 1.807) is 18.6 Å². The highest BCUT2D eigenvalue weighted by molar-refractivity contribution is 6.08. The predicted molar refractivity (Wildman–Crippen MR) is 114 cm³/mol. The molecule has 29 heavy (non-hydrogen) atoms. The normalized spacial score (nSPS) is 11.5. The Bertz CT molecular complexity index is 1050. The number of aldehydes is 1. The number of rotatable bonds is 9. The molecule has 0 bridgehead atoms. The molecule has 0 atom stereocenters. The third kappa shape index (κ3) is 5.19. The summed E-state index contributed by atoms with van der Waals surface area (Å²) in [6.07, 6.45) is 7.67. The molecule has 0 aromatic carbocycles. The number of hydrogen-bond acceptors (Lipinski definition) is 8. The van der Waals surface area contributed by atoms with Crippen molar-refractivity contribution in [2.45, 2.75) is 26.2 Å². The van der Waals surface area contributed by atoms with Crippen molar-refractivity contribution in [2.75, 3.05) is 11.9 Å². The second-order valence-electron chi connectivity index (χ2n) is 6.77. The summed E-state index contributed by atoms with van der Waals surface area (Å²) in [5, 5.41) is 22.0. The Morgan fingerprint density at radius 3 is 2.79 bits per heavy atom. The molecule has 0 amide bonds. The van der Waals surface area contributed by atoms with Gasteiger partial charge in [0.15, 0.2) is 5.82 Å². The van der Waals surface area contributed by atoms with Gasteiger partial charge in [-0.1, -0.05) is 13.8 Å². The van der Waals surface area contributed by atoms with E-state index in [1.165, 1.54) is 6.21 Å². The Labute approximate surface area is 169 Å². The van der Waals surface area contributed by atoms with Gasteiger partial charge in [-0.25, -0.2) is 4.98 Å². The van der Waals surface area contributed by atoms with E-state index >= 15 is 0 Å². The van der Waals surface area contributed by atoms with Crippen LogP contribution in [0.2, 0.25) is 0 Å². The van der Waals surface area contributed by atoms with Crippen LogP contribution in [0.4, 0.5) is 11.6 Å². The molecular formula is C21H23N7O. The van der Waals surface area contributed by atoms with Crippen molar-refractivity contribution < 1.29 is 4.79 Å². The van der Waals surface area contributed by atoms with E-state index in [2.05, 4.69) is 44.6 Å². The molecule has 8 heteroatoms. The summed E-state index contributed by atoms with van der Waals surface area (Å²) in [7, 11) is 0. The summed E-state index contributed by atoms with van der Waals surface area (Å²) in [5.41, 5.74) is 3.95. The lowest BCUT2D eigenvalue weighted by Gasteiger charge is -2.09. The number of anilines is 2. The number of carbonyl (C=O) groups is 1. The fraction of sp³-hybridized carbons (Fsp3) is 0.238. The zero-order chi connectivity index (χ0) is 20.6. The van der Waals surface area contributed by atoms with E-state index in [9.17, 15) is 4.79 Å². The lowest BCUT2D eigenvalue weighted by Crippen LogP contribution is -2.08. The Hall–Kier alpha value is -3.68. The Balaban J connectivity index is 1.86. The fourth-order valence-electron chi connectivity index (χ4n) is 2.66. The Kier molecular flexibility index (Phi) is 6.57. The van der Waals surface area contributed by atoms with Crippen molar-refractivity contribution in [1.82, 2.24) is 25.5 Å². The minimum absolute atomic E-state index is 0.355. The molecule has 148 valence electrons. The van der Waals surface area contributed by atoms with Crippen LogP contribution in [0.25, 0.3) is 16.6 Å². The number of aromatic nitrogens is 4. The minimum Gasteiger partial charge on any atom is -0.390 e. The molecule has 3 N–H and O–H groups in total. The van der Waals surface area contributed by atoms with E-state index in [4.69, 9.17) is 5.41 Å². The molecule has 0 fully saturated rings. The molecule has 0 aliphatic rings. The first-order valence-corrected chi connectivity index (χ1v) is 9.35. The third-order valence-electron chi connectivity index (χ3n) is 4.29. The van der Waals surface area contributed by atoms with Crippen LogP contribution in [0.5, 0.6) is 0 Å². The topological polar surface area (TPSA) is 117 Å². The average Bonchev–Trinajstić information content (AvgIpc) is 2.73. The van der Waals surface area contributed by atoms with Crippen molar-refractivity contribution in [3.8, 4) is 0 Å². The van der Waals surface area contributed by atoms with Crippen molar-refractivity contribution in [1.29, 1.82) is 5.41 Å². The van der Waals surface area contributed by atoms with Crippen molar-refractivity contribution >= 4 is 40.7 Å². The monoisotopic (exact) mass is 389 g/mol. The molecule has 3 aromatic heterocycles. The zero-order valence-electron chi connectivity index (χ0n) is 16.4. The summed E-state index contributed by atoms with van der Waals surface area (Å²) in [6.45, 7) is 4.72. The van der Waals surface area contributed by atoms with Crippen LogP contribution >= 0.6 is 0 Å². The second-order valence-corrected chi connectivity index (χ2v) is 6.77. The van der Waals surface area contributed by atoms with E-state index in [-0.39, 0.29) is 0 Å². The lowest BCUT2D eigenvalue weighted by atomic mass is 10.1. The van der Waals surface area contributed by atoms with Crippen LogP contribution in [-0.4, -0.2) is 39.2 Å². The van der Waals surface area contributed by atoms with Gasteiger partial charge in [-0.2, -0.15) is 5.10 Å². The van der Waals surface area contributed by atoms with Crippen molar-refractivity contribution in [2.24, 2.45) is 0 Å². The molecule has 0 aliphatic carbocycles. The Morgan fingerprint density at radius 1 is 1.17 bits per heavy atom. The molecule has 3 heterocycles. The number of nitrogens with one attached hydrogen (secondary N) is 3.